The summed E-state index contributed by atoms with van der Waals surface area (Å²) in [5, 5.41) is 3.09. The van der Waals surface area contributed by atoms with Gasteiger partial charge in [0.25, 0.3) is 0 Å². The highest BCUT2D eigenvalue weighted by atomic mass is 14.9. The number of rotatable bonds is 3. The third kappa shape index (κ3) is 2.66. The lowest BCUT2D eigenvalue weighted by Crippen LogP contribution is -2.09. The Morgan fingerprint density at radius 2 is 1.95 bits per heavy atom. The first-order chi connectivity index (χ1) is 9.36. The standard InChI is InChI=1S/C16H19N3/c1-17-11-16-18-9-8-15(19-16)14-7-6-12-4-2-3-5-13(12)10-14/h6-10,17H,2-5,11H2,1H3. The summed E-state index contributed by atoms with van der Waals surface area (Å²) < 4.78 is 0. The van der Waals surface area contributed by atoms with Gasteiger partial charge in [-0.1, -0.05) is 12.1 Å². The van der Waals surface area contributed by atoms with Crippen molar-refractivity contribution < 1.29 is 0 Å². The summed E-state index contributed by atoms with van der Waals surface area (Å²) in [5.74, 6) is 0.845. The predicted molar refractivity (Wildman–Crippen MR) is 76.9 cm³/mol. The number of aromatic nitrogens is 2. The molecule has 98 valence electrons. The third-order valence-corrected chi connectivity index (χ3v) is 3.68. The molecule has 0 amide bonds. The van der Waals surface area contributed by atoms with Crippen molar-refractivity contribution >= 4 is 0 Å². The Labute approximate surface area is 114 Å². The number of nitrogens with zero attached hydrogens (tertiary/aromatic N) is 2. The maximum Gasteiger partial charge on any atom is 0.142 e. The summed E-state index contributed by atoms with van der Waals surface area (Å²) in [7, 11) is 1.91. The van der Waals surface area contributed by atoms with E-state index in [1.807, 2.05) is 19.3 Å². The smallest absolute Gasteiger partial charge is 0.142 e. The van der Waals surface area contributed by atoms with Gasteiger partial charge in [-0.2, -0.15) is 0 Å². The molecule has 3 nitrogen and oxygen atoms in total. The van der Waals surface area contributed by atoms with Gasteiger partial charge in [-0.05, 0) is 56.0 Å². The highest BCUT2D eigenvalue weighted by Crippen LogP contribution is 2.26. The maximum absolute atomic E-state index is 4.61. The quantitative estimate of drug-likeness (QED) is 0.914. The molecule has 0 saturated carbocycles. The Balaban J connectivity index is 1.95. The normalized spacial score (nSPS) is 14.2. The van der Waals surface area contributed by atoms with Crippen molar-refractivity contribution in [3.8, 4) is 11.3 Å². The molecule has 1 aliphatic carbocycles. The predicted octanol–water partition coefficient (Wildman–Crippen LogP) is 2.74. The summed E-state index contributed by atoms with van der Waals surface area (Å²) in [5.41, 5.74) is 5.24. The van der Waals surface area contributed by atoms with Gasteiger partial charge in [0.2, 0.25) is 0 Å². The summed E-state index contributed by atoms with van der Waals surface area (Å²) >= 11 is 0. The first-order valence-electron chi connectivity index (χ1n) is 6.95. The van der Waals surface area contributed by atoms with Crippen LogP contribution in [0, 0.1) is 0 Å². The minimum absolute atomic E-state index is 0.707. The fourth-order valence-electron chi connectivity index (χ4n) is 2.70. The summed E-state index contributed by atoms with van der Waals surface area (Å²) in [6.07, 6.45) is 6.91. The van der Waals surface area contributed by atoms with E-state index in [1.165, 1.54) is 42.4 Å². The fraction of sp³-hybridized carbons (Fsp3) is 0.375. The number of hydrogen-bond acceptors (Lipinski definition) is 3. The zero-order valence-corrected chi connectivity index (χ0v) is 11.3. The molecule has 1 N–H and O–H groups in total. The average molecular weight is 253 g/mol. The average Bonchev–Trinajstić information content (AvgIpc) is 2.47. The van der Waals surface area contributed by atoms with E-state index >= 15 is 0 Å². The highest BCUT2D eigenvalue weighted by molar-refractivity contribution is 5.61. The van der Waals surface area contributed by atoms with Gasteiger partial charge < -0.3 is 5.32 Å². The van der Waals surface area contributed by atoms with Crippen LogP contribution in [0.2, 0.25) is 0 Å². The molecule has 0 saturated heterocycles. The molecule has 0 bridgehead atoms. The van der Waals surface area contributed by atoms with Crippen LogP contribution in [0.4, 0.5) is 0 Å². The first-order valence-corrected chi connectivity index (χ1v) is 6.95. The molecule has 0 radical (unpaired) electrons. The Bertz CT molecular complexity index is 578. The molecule has 0 atom stereocenters. The van der Waals surface area contributed by atoms with Crippen molar-refractivity contribution in [1.82, 2.24) is 15.3 Å². The number of nitrogens with one attached hydrogen (secondary N) is 1. The van der Waals surface area contributed by atoms with Crippen LogP contribution in [0.25, 0.3) is 11.3 Å². The van der Waals surface area contributed by atoms with Gasteiger partial charge >= 0.3 is 0 Å². The molecule has 3 heteroatoms. The number of benzene rings is 1. The Morgan fingerprint density at radius 1 is 1.11 bits per heavy atom. The van der Waals surface area contributed by atoms with Crippen LogP contribution >= 0.6 is 0 Å². The second-order valence-electron chi connectivity index (χ2n) is 5.08. The lowest BCUT2D eigenvalue weighted by atomic mass is 9.90. The van der Waals surface area contributed by atoms with Gasteiger partial charge in [-0.25, -0.2) is 9.97 Å². The molecule has 2 aromatic rings. The van der Waals surface area contributed by atoms with E-state index in [0.29, 0.717) is 6.54 Å². The van der Waals surface area contributed by atoms with Crippen molar-refractivity contribution in [1.29, 1.82) is 0 Å². The Kier molecular flexibility index (Phi) is 3.56. The van der Waals surface area contributed by atoms with Crippen molar-refractivity contribution in [2.24, 2.45) is 0 Å². The molecule has 3 rings (SSSR count). The van der Waals surface area contributed by atoms with Crippen LogP contribution in [0.3, 0.4) is 0 Å². The van der Waals surface area contributed by atoms with E-state index in [4.69, 9.17) is 0 Å². The van der Waals surface area contributed by atoms with Crippen LogP contribution in [-0.4, -0.2) is 17.0 Å². The highest BCUT2D eigenvalue weighted by Gasteiger charge is 2.10. The molecule has 0 fully saturated rings. The molecular formula is C16H19N3. The van der Waals surface area contributed by atoms with Crippen molar-refractivity contribution in [3.05, 3.63) is 47.4 Å². The molecule has 0 spiro atoms. The Morgan fingerprint density at radius 3 is 2.79 bits per heavy atom. The monoisotopic (exact) mass is 253 g/mol. The minimum atomic E-state index is 0.707. The summed E-state index contributed by atoms with van der Waals surface area (Å²) in [6.45, 7) is 0.707. The van der Waals surface area contributed by atoms with Gasteiger partial charge in [0, 0.05) is 11.8 Å². The van der Waals surface area contributed by atoms with Gasteiger partial charge in [-0.15, -0.1) is 0 Å². The number of aryl methyl sites for hydroxylation is 2. The molecule has 1 aromatic heterocycles. The fourth-order valence-corrected chi connectivity index (χ4v) is 2.70. The maximum atomic E-state index is 4.61. The van der Waals surface area contributed by atoms with Gasteiger partial charge in [-0.3, -0.25) is 0 Å². The third-order valence-electron chi connectivity index (χ3n) is 3.68. The van der Waals surface area contributed by atoms with Gasteiger partial charge in [0.1, 0.15) is 5.82 Å². The summed E-state index contributed by atoms with van der Waals surface area (Å²) in [4.78, 5) is 8.88. The van der Waals surface area contributed by atoms with Gasteiger partial charge in [0.15, 0.2) is 0 Å². The van der Waals surface area contributed by atoms with E-state index in [0.717, 1.165) is 11.5 Å². The SMILES string of the molecule is CNCc1nccc(-c2ccc3c(c2)CCCC3)n1. The van der Waals surface area contributed by atoms with E-state index in [1.54, 1.807) is 0 Å². The molecule has 1 aliphatic rings. The van der Waals surface area contributed by atoms with E-state index in [2.05, 4.69) is 33.5 Å². The molecular weight excluding hydrogens is 234 g/mol. The van der Waals surface area contributed by atoms with Crippen molar-refractivity contribution in [2.45, 2.75) is 32.2 Å². The van der Waals surface area contributed by atoms with Gasteiger partial charge in [0.05, 0.1) is 12.2 Å². The molecule has 0 aliphatic heterocycles. The van der Waals surface area contributed by atoms with Crippen LogP contribution in [0.5, 0.6) is 0 Å². The Hall–Kier alpha value is -1.74. The zero-order chi connectivity index (χ0) is 13.1. The number of hydrogen-bond donors (Lipinski definition) is 1. The van der Waals surface area contributed by atoms with Crippen LogP contribution in [0.15, 0.2) is 30.5 Å². The van der Waals surface area contributed by atoms with E-state index < -0.39 is 0 Å². The lowest BCUT2D eigenvalue weighted by Gasteiger charge is -2.16. The lowest BCUT2D eigenvalue weighted by molar-refractivity contribution is 0.686. The molecule has 1 aromatic carbocycles. The molecule has 19 heavy (non-hydrogen) atoms. The van der Waals surface area contributed by atoms with Crippen LogP contribution < -0.4 is 5.32 Å². The van der Waals surface area contributed by atoms with Crippen molar-refractivity contribution in [3.63, 3.8) is 0 Å². The second kappa shape index (κ2) is 5.49. The van der Waals surface area contributed by atoms with Crippen LogP contribution in [-0.2, 0) is 19.4 Å². The second-order valence-corrected chi connectivity index (χ2v) is 5.08. The first kappa shape index (κ1) is 12.3. The van der Waals surface area contributed by atoms with E-state index in [-0.39, 0.29) is 0 Å². The molecule has 0 unspecified atom stereocenters. The number of fused-ring (bicyclic) bond motifs is 1. The van der Waals surface area contributed by atoms with E-state index in [9.17, 15) is 0 Å². The summed E-state index contributed by atoms with van der Waals surface area (Å²) in [6, 6.07) is 8.75. The minimum Gasteiger partial charge on any atom is -0.313 e. The van der Waals surface area contributed by atoms with Crippen molar-refractivity contribution in [2.75, 3.05) is 7.05 Å². The zero-order valence-electron chi connectivity index (χ0n) is 11.3. The molecule has 1 heterocycles. The topological polar surface area (TPSA) is 37.8 Å². The largest absolute Gasteiger partial charge is 0.313 e. The van der Waals surface area contributed by atoms with Crippen LogP contribution in [0.1, 0.15) is 29.8 Å².